The van der Waals surface area contributed by atoms with Gasteiger partial charge >= 0.3 is 6.03 Å². The summed E-state index contributed by atoms with van der Waals surface area (Å²) in [5.41, 5.74) is 7.22. The molecule has 6 nitrogen and oxygen atoms in total. The molecule has 1 aliphatic rings. The number of carbonyl (C=O) groups excluding carboxylic acids is 1. The first-order valence-electron chi connectivity index (χ1n) is 8.27. The van der Waals surface area contributed by atoms with E-state index in [4.69, 9.17) is 15.2 Å². The van der Waals surface area contributed by atoms with Gasteiger partial charge in [-0.15, -0.1) is 0 Å². The number of nitrogens with zero attached hydrogens (tertiary/aromatic N) is 1. The lowest BCUT2D eigenvalue weighted by molar-refractivity contribution is -0.0788. The molecule has 132 valence electrons. The first kappa shape index (κ1) is 17.3. The number of ether oxygens (including phenoxy) is 2. The van der Waals surface area contributed by atoms with Crippen LogP contribution in [0.3, 0.4) is 0 Å². The summed E-state index contributed by atoms with van der Waals surface area (Å²) in [4.78, 5) is 10.9. The van der Waals surface area contributed by atoms with Crippen molar-refractivity contribution in [1.82, 2.24) is 5.06 Å². The lowest BCUT2D eigenvalue weighted by Gasteiger charge is -2.18. The van der Waals surface area contributed by atoms with Crippen LogP contribution in [0.4, 0.5) is 4.79 Å². The third-order valence-corrected chi connectivity index (χ3v) is 4.23. The Hall–Kier alpha value is -2.57. The molecule has 1 aliphatic heterocycles. The number of nitrogens with two attached hydrogens (primary N) is 1. The number of primary amides is 1. The minimum Gasteiger partial charge on any atom is -0.457 e. The van der Waals surface area contributed by atoms with Gasteiger partial charge in [0.15, 0.2) is 0 Å². The average molecular weight is 342 g/mol. The third kappa shape index (κ3) is 4.49. The minimum absolute atomic E-state index is 0.0748. The largest absolute Gasteiger partial charge is 0.457 e. The number of hydroxylamine groups is 2. The lowest BCUT2D eigenvalue weighted by Crippen LogP contribution is -2.38. The molecule has 3 rings (SSSR count). The third-order valence-electron chi connectivity index (χ3n) is 4.23. The van der Waals surface area contributed by atoms with Gasteiger partial charge in [-0.2, -0.15) is 0 Å². The van der Waals surface area contributed by atoms with Gasteiger partial charge in [0, 0.05) is 0 Å². The lowest BCUT2D eigenvalue weighted by atomic mass is 10.1. The van der Waals surface area contributed by atoms with Crippen molar-refractivity contribution in [3.8, 4) is 11.5 Å². The minimum atomic E-state index is -0.874. The van der Waals surface area contributed by atoms with Crippen LogP contribution >= 0.6 is 0 Å². The number of aryl methyl sites for hydroxylation is 1. The molecule has 6 heteroatoms. The van der Waals surface area contributed by atoms with Crippen molar-refractivity contribution in [2.45, 2.75) is 32.0 Å². The molecule has 1 fully saturated rings. The maximum atomic E-state index is 10.9. The summed E-state index contributed by atoms with van der Waals surface area (Å²) < 4.78 is 11.8. The number of urea groups is 1. The Bertz CT molecular complexity index is 732. The highest BCUT2D eigenvalue weighted by molar-refractivity contribution is 5.70. The van der Waals surface area contributed by atoms with E-state index in [0.29, 0.717) is 5.06 Å². The second-order valence-corrected chi connectivity index (χ2v) is 6.23. The number of benzene rings is 2. The topological polar surface area (TPSA) is 85.0 Å². The summed E-state index contributed by atoms with van der Waals surface area (Å²) >= 11 is 0. The molecule has 1 heterocycles. The fourth-order valence-electron chi connectivity index (χ4n) is 2.89. The number of hydrogen-bond donors (Lipinski definition) is 2. The van der Waals surface area contributed by atoms with Crippen molar-refractivity contribution in [3.63, 3.8) is 0 Å². The average Bonchev–Trinajstić information content (AvgIpc) is 3.06. The van der Waals surface area contributed by atoms with Crippen LogP contribution in [-0.4, -0.2) is 29.0 Å². The van der Waals surface area contributed by atoms with E-state index >= 15 is 0 Å². The predicted octanol–water partition coefficient (Wildman–Crippen LogP) is 3.78. The predicted molar refractivity (Wildman–Crippen MR) is 92.6 cm³/mol. The SMILES string of the molecule is Cc1ccc(Oc2cccc(C3CCC(CN(O)C(N)=O)O3)c2)cc1. The Morgan fingerprint density at radius 1 is 1.24 bits per heavy atom. The Kier molecular flexibility index (Phi) is 5.21. The van der Waals surface area contributed by atoms with Crippen molar-refractivity contribution in [1.29, 1.82) is 0 Å². The van der Waals surface area contributed by atoms with Gasteiger partial charge in [0.25, 0.3) is 0 Å². The molecule has 3 N–H and O–H groups in total. The van der Waals surface area contributed by atoms with Gasteiger partial charge in [-0.25, -0.2) is 9.86 Å². The molecule has 0 saturated carbocycles. The molecule has 0 aromatic heterocycles. The molecular weight excluding hydrogens is 320 g/mol. The Balaban J connectivity index is 1.64. The zero-order chi connectivity index (χ0) is 17.8. The van der Waals surface area contributed by atoms with E-state index in [-0.39, 0.29) is 18.8 Å². The quantitative estimate of drug-likeness (QED) is 0.640. The molecule has 2 unspecified atom stereocenters. The zero-order valence-electron chi connectivity index (χ0n) is 14.1. The van der Waals surface area contributed by atoms with Crippen LogP contribution in [-0.2, 0) is 4.74 Å². The Morgan fingerprint density at radius 3 is 2.72 bits per heavy atom. The molecule has 0 spiro atoms. The van der Waals surface area contributed by atoms with Gasteiger partial charge < -0.3 is 15.2 Å². The molecule has 0 radical (unpaired) electrons. The highest BCUT2D eigenvalue weighted by atomic mass is 16.5. The van der Waals surface area contributed by atoms with Crippen LogP contribution in [0.15, 0.2) is 48.5 Å². The van der Waals surface area contributed by atoms with Crippen molar-refractivity contribution in [3.05, 3.63) is 59.7 Å². The zero-order valence-corrected chi connectivity index (χ0v) is 14.1. The van der Waals surface area contributed by atoms with Gasteiger partial charge in [-0.1, -0.05) is 29.8 Å². The van der Waals surface area contributed by atoms with E-state index < -0.39 is 6.03 Å². The maximum absolute atomic E-state index is 10.9. The monoisotopic (exact) mass is 342 g/mol. The highest BCUT2D eigenvalue weighted by Crippen LogP contribution is 2.35. The van der Waals surface area contributed by atoms with Crippen molar-refractivity contribution in [2.24, 2.45) is 5.73 Å². The van der Waals surface area contributed by atoms with E-state index in [1.807, 2.05) is 55.5 Å². The molecule has 25 heavy (non-hydrogen) atoms. The first-order chi connectivity index (χ1) is 12.0. The fraction of sp³-hybridized carbons (Fsp3) is 0.316. The van der Waals surface area contributed by atoms with Gasteiger partial charge in [-0.05, 0) is 49.6 Å². The fourth-order valence-corrected chi connectivity index (χ4v) is 2.89. The smallest absolute Gasteiger partial charge is 0.338 e. The van der Waals surface area contributed by atoms with Crippen molar-refractivity contribution in [2.75, 3.05) is 6.54 Å². The van der Waals surface area contributed by atoms with Crippen LogP contribution in [0, 0.1) is 6.92 Å². The molecule has 2 amide bonds. The Morgan fingerprint density at radius 2 is 2.00 bits per heavy atom. The summed E-state index contributed by atoms with van der Waals surface area (Å²) in [5, 5.41) is 9.92. The standard InChI is InChI=1S/C19H22N2O4/c1-13-5-7-15(8-6-13)24-16-4-2-3-14(11-16)18-10-9-17(25-18)12-21(23)19(20)22/h2-8,11,17-18,23H,9-10,12H2,1H3,(H2,20,22). The number of carbonyl (C=O) groups is 1. The van der Waals surface area contributed by atoms with Gasteiger partial charge in [-0.3, -0.25) is 5.21 Å². The van der Waals surface area contributed by atoms with Crippen LogP contribution in [0.25, 0.3) is 0 Å². The van der Waals surface area contributed by atoms with Gasteiger partial charge in [0.2, 0.25) is 0 Å². The summed E-state index contributed by atoms with van der Waals surface area (Å²) in [6.45, 7) is 2.11. The second-order valence-electron chi connectivity index (χ2n) is 6.23. The number of rotatable bonds is 5. The maximum Gasteiger partial charge on any atom is 0.338 e. The normalized spacial score (nSPS) is 19.6. The summed E-state index contributed by atoms with van der Waals surface area (Å²) in [6, 6.07) is 14.8. The second kappa shape index (κ2) is 7.55. The molecular formula is C19H22N2O4. The first-order valence-corrected chi connectivity index (χ1v) is 8.27. The summed E-state index contributed by atoms with van der Waals surface area (Å²) in [5.74, 6) is 1.53. The summed E-state index contributed by atoms with van der Waals surface area (Å²) in [7, 11) is 0. The number of hydrogen-bond acceptors (Lipinski definition) is 4. The van der Waals surface area contributed by atoms with Crippen LogP contribution in [0.5, 0.6) is 11.5 Å². The molecule has 2 atom stereocenters. The molecule has 0 bridgehead atoms. The van der Waals surface area contributed by atoms with Crippen LogP contribution in [0.2, 0.25) is 0 Å². The van der Waals surface area contributed by atoms with Crippen LogP contribution < -0.4 is 10.5 Å². The van der Waals surface area contributed by atoms with E-state index in [2.05, 4.69) is 0 Å². The molecule has 2 aromatic carbocycles. The highest BCUT2D eigenvalue weighted by Gasteiger charge is 2.28. The van der Waals surface area contributed by atoms with E-state index in [9.17, 15) is 10.0 Å². The Labute approximate surface area is 146 Å². The van der Waals surface area contributed by atoms with Crippen molar-refractivity contribution >= 4 is 6.03 Å². The van der Waals surface area contributed by atoms with E-state index in [1.54, 1.807) is 0 Å². The van der Waals surface area contributed by atoms with Crippen molar-refractivity contribution < 1.29 is 19.5 Å². The van der Waals surface area contributed by atoms with E-state index in [0.717, 1.165) is 29.9 Å². The van der Waals surface area contributed by atoms with Crippen LogP contribution in [0.1, 0.15) is 30.1 Å². The molecule has 2 aromatic rings. The van der Waals surface area contributed by atoms with Gasteiger partial charge in [0.05, 0.1) is 18.8 Å². The van der Waals surface area contributed by atoms with Gasteiger partial charge in [0.1, 0.15) is 11.5 Å². The molecule has 1 saturated heterocycles. The van der Waals surface area contributed by atoms with E-state index in [1.165, 1.54) is 5.56 Å². The molecule has 0 aliphatic carbocycles. The summed E-state index contributed by atoms with van der Waals surface area (Å²) in [6.07, 6.45) is 1.24. The number of amides is 2.